The molecule has 0 N–H and O–H groups in total. The molecular formula is C10H11NO2. The van der Waals surface area contributed by atoms with Gasteiger partial charge in [0.25, 0.3) is 0 Å². The molecule has 3 nitrogen and oxygen atoms in total. The summed E-state index contributed by atoms with van der Waals surface area (Å²) in [7, 11) is 1.36. The molecule has 0 aromatic carbocycles. The molecule has 1 heterocycles. The summed E-state index contributed by atoms with van der Waals surface area (Å²) in [6.07, 6.45) is 4.83. The third-order valence-corrected chi connectivity index (χ3v) is 1.65. The average molecular weight is 177 g/mol. The van der Waals surface area contributed by atoms with Crippen molar-refractivity contribution in [1.29, 1.82) is 0 Å². The Balaban J connectivity index is 2.85. The molecule has 0 amide bonds. The van der Waals surface area contributed by atoms with E-state index in [0.29, 0.717) is 0 Å². The molecule has 0 aliphatic heterocycles. The zero-order chi connectivity index (χ0) is 9.68. The normalized spacial score (nSPS) is 11.1. The van der Waals surface area contributed by atoms with Crippen LogP contribution in [-0.4, -0.2) is 18.1 Å². The summed E-state index contributed by atoms with van der Waals surface area (Å²) < 4.78 is 4.51. The second kappa shape index (κ2) is 4.40. The van der Waals surface area contributed by atoms with Gasteiger partial charge >= 0.3 is 5.97 Å². The van der Waals surface area contributed by atoms with E-state index >= 15 is 0 Å². The van der Waals surface area contributed by atoms with Crippen LogP contribution in [0.1, 0.15) is 12.5 Å². The van der Waals surface area contributed by atoms with Crippen LogP contribution in [0.4, 0.5) is 0 Å². The fourth-order valence-electron chi connectivity index (χ4n) is 0.915. The van der Waals surface area contributed by atoms with Crippen LogP contribution < -0.4 is 0 Å². The zero-order valence-corrected chi connectivity index (χ0v) is 7.65. The molecule has 1 aromatic heterocycles. The summed E-state index contributed by atoms with van der Waals surface area (Å²) >= 11 is 0. The van der Waals surface area contributed by atoms with E-state index < -0.39 is 0 Å². The van der Waals surface area contributed by atoms with E-state index in [9.17, 15) is 4.79 Å². The highest BCUT2D eigenvalue weighted by atomic mass is 16.5. The first kappa shape index (κ1) is 9.45. The molecule has 3 heteroatoms. The number of rotatable bonds is 2. The van der Waals surface area contributed by atoms with Crippen LogP contribution in [0.3, 0.4) is 0 Å². The topological polar surface area (TPSA) is 39.2 Å². The zero-order valence-electron chi connectivity index (χ0n) is 7.65. The van der Waals surface area contributed by atoms with E-state index in [2.05, 4.69) is 9.72 Å². The van der Waals surface area contributed by atoms with Crippen LogP contribution in [-0.2, 0) is 9.53 Å². The van der Waals surface area contributed by atoms with Gasteiger partial charge in [0.1, 0.15) is 0 Å². The molecule has 13 heavy (non-hydrogen) atoms. The summed E-state index contributed by atoms with van der Waals surface area (Å²) in [5.74, 6) is -0.346. The Morgan fingerprint density at radius 2 is 2.38 bits per heavy atom. The summed E-state index contributed by atoms with van der Waals surface area (Å²) in [5, 5.41) is 0. The maximum Gasteiger partial charge on any atom is 0.330 e. The highest BCUT2D eigenvalue weighted by Crippen LogP contribution is 2.10. The number of aromatic nitrogens is 1. The first-order valence-corrected chi connectivity index (χ1v) is 3.90. The van der Waals surface area contributed by atoms with Gasteiger partial charge in [0.2, 0.25) is 0 Å². The number of hydrogen-bond donors (Lipinski definition) is 0. The van der Waals surface area contributed by atoms with Crippen molar-refractivity contribution in [3.8, 4) is 0 Å². The van der Waals surface area contributed by atoms with Gasteiger partial charge in [-0.3, -0.25) is 4.98 Å². The molecule has 0 fully saturated rings. The highest BCUT2D eigenvalue weighted by molar-refractivity contribution is 5.90. The number of hydrogen-bond acceptors (Lipinski definition) is 3. The SMILES string of the molecule is COC(=O)/C=C(\C)c1cccnc1. The predicted molar refractivity (Wildman–Crippen MR) is 49.9 cm³/mol. The Hall–Kier alpha value is -1.64. The lowest BCUT2D eigenvalue weighted by molar-refractivity contribution is -0.134. The van der Waals surface area contributed by atoms with Gasteiger partial charge in [-0.25, -0.2) is 4.79 Å². The van der Waals surface area contributed by atoms with Crippen LogP contribution in [0.5, 0.6) is 0 Å². The number of ether oxygens (including phenoxy) is 1. The molecule has 0 atom stereocenters. The maximum atomic E-state index is 10.9. The molecule has 0 unspecified atom stereocenters. The predicted octanol–water partition coefficient (Wildman–Crippen LogP) is 1.66. The number of allylic oxidation sites excluding steroid dienone is 1. The summed E-state index contributed by atoms with van der Waals surface area (Å²) in [6.45, 7) is 1.84. The first-order valence-electron chi connectivity index (χ1n) is 3.90. The molecule has 0 saturated heterocycles. The van der Waals surface area contributed by atoms with Gasteiger partial charge in [0, 0.05) is 18.5 Å². The van der Waals surface area contributed by atoms with Crippen LogP contribution in [0.25, 0.3) is 5.57 Å². The smallest absolute Gasteiger partial charge is 0.330 e. The third-order valence-electron chi connectivity index (χ3n) is 1.65. The summed E-state index contributed by atoms with van der Waals surface area (Å²) in [4.78, 5) is 14.8. The van der Waals surface area contributed by atoms with Crippen LogP contribution in [0, 0.1) is 0 Å². The van der Waals surface area contributed by atoms with E-state index in [-0.39, 0.29) is 5.97 Å². The monoisotopic (exact) mass is 177 g/mol. The van der Waals surface area contributed by atoms with Gasteiger partial charge in [-0.2, -0.15) is 0 Å². The van der Waals surface area contributed by atoms with Crippen molar-refractivity contribution in [1.82, 2.24) is 4.98 Å². The molecule has 0 aliphatic rings. The summed E-state index contributed by atoms with van der Waals surface area (Å²) in [6, 6.07) is 3.71. The van der Waals surface area contributed by atoms with Gasteiger partial charge in [-0.05, 0) is 24.1 Å². The Morgan fingerprint density at radius 1 is 1.62 bits per heavy atom. The molecule has 0 saturated carbocycles. The van der Waals surface area contributed by atoms with E-state index in [4.69, 9.17) is 0 Å². The fourth-order valence-corrected chi connectivity index (χ4v) is 0.915. The van der Waals surface area contributed by atoms with Gasteiger partial charge in [0.15, 0.2) is 0 Å². The van der Waals surface area contributed by atoms with Gasteiger partial charge in [-0.1, -0.05) is 6.07 Å². The Kier molecular flexibility index (Phi) is 3.20. The van der Waals surface area contributed by atoms with E-state index in [1.165, 1.54) is 13.2 Å². The second-order valence-corrected chi connectivity index (χ2v) is 2.59. The van der Waals surface area contributed by atoms with Crippen molar-refractivity contribution in [2.24, 2.45) is 0 Å². The molecule has 1 rings (SSSR count). The maximum absolute atomic E-state index is 10.9. The molecular weight excluding hydrogens is 166 g/mol. The Morgan fingerprint density at radius 3 is 2.92 bits per heavy atom. The number of methoxy groups -OCH3 is 1. The number of pyridine rings is 1. The minimum atomic E-state index is -0.346. The quantitative estimate of drug-likeness (QED) is 0.509. The fraction of sp³-hybridized carbons (Fsp3) is 0.200. The van der Waals surface area contributed by atoms with Crippen molar-refractivity contribution in [3.05, 3.63) is 36.2 Å². The molecule has 0 radical (unpaired) electrons. The van der Waals surface area contributed by atoms with Crippen molar-refractivity contribution < 1.29 is 9.53 Å². The molecule has 1 aromatic rings. The molecule has 68 valence electrons. The van der Waals surface area contributed by atoms with E-state index in [0.717, 1.165) is 11.1 Å². The average Bonchev–Trinajstić information content (AvgIpc) is 2.19. The standard InChI is InChI=1S/C10H11NO2/c1-8(6-10(12)13-2)9-4-3-5-11-7-9/h3-7H,1-2H3/b8-6+. The van der Waals surface area contributed by atoms with Crippen LogP contribution >= 0.6 is 0 Å². The Labute approximate surface area is 77.1 Å². The van der Waals surface area contributed by atoms with Crippen molar-refractivity contribution >= 4 is 11.5 Å². The van der Waals surface area contributed by atoms with Gasteiger partial charge in [-0.15, -0.1) is 0 Å². The minimum Gasteiger partial charge on any atom is -0.466 e. The second-order valence-electron chi connectivity index (χ2n) is 2.59. The number of carbonyl (C=O) groups excluding carboxylic acids is 1. The lowest BCUT2D eigenvalue weighted by Gasteiger charge is -1.98. The van der Waals surface area contributed by atoms with Crippen LogP contribution in [0.2, 0.25) is 0 Å². The van der Waals surface area contributed by atoms with Crippen LogP contribution in [0.15, 0.2) is 30.6 Å². The molecule has 0 spiro atoms. The minimum absolute atomic E-state index is 0.346. The third kappa shape index (κ3) is 2.71. The number of esters is 1. The lowest BCUT2D eigenvalue weighted by Crippen LogP contribution is -1.95. The lowest BCUT2D eigenvalue weighted by atomic mass is 10.1. The van der Waals surface area contributed by atoms with Gasteiger partial charge < -0.3 is 4.74 Å². The molecule has 0 aliphatic carbocycles. The molecule has 0 bridgehead atoms. The first-order chi connectivity index (χ1) is 6.24. The highest BCUT2D eigenvalue weighted by Gasteiger charge is 1.98. The number of nitrogens with zero attached hydrogens (tertiary/aromatic N) is 1. The Bertz CT molecular complexity index is 317. The van der Waals surface area contributed by atoms with Crippen molar-refractivity contribution in [3.63, 3.8) is 0 Å². The van der Waals surface area contributed by atoms with Crippen molar-refractivity contribution in [2.45, 2.75) is 6.92 Å². The van der Waals surface area contributed by atoms with E-state index in [1.54, 1.807) is 12.4 Å². The largest absolute Gasteiger partial charge is 0.466 e. The van der Waals surface area contributed by atoms with Gasteiger partial charge in [0.05, 0.1) is 7.11 Å². The summed E-state index contributed by atoms with van der Waals surface area (Å²) in [5.41, 5.74) is 1.77. The van der Waals surface area contributed by atoms with E-state index in [1.807, 2.05) is 19.1 Å². The number of carbonyl (C=O) groups is 1. The van der Waals surface area contributed by atoms with Crippen molar-refractivity contribution in [2.75, 3.05) is 7.11 Å².